The van der Waals surface area contributed by atoms with E-state index >= 15 is 0 Å². The van der Waals surface area contributed by atoms with Gasteiger partial charge in [0, 0.05) is 18.1 Å². The Morgan fingerprint density at radius 1 is 1.78 bits per heavy atom. The molecule has 54 valence electrons. The fourth-order valence-electron chi connectivity index (χ4n) is 1.46. The highest BCUT2D eigenvalue weighted by Crippen LogP contribution is 2.38. The fourth-order valence-corrected chi connectivity index (χ4v) is 1.46. The number of nitrogens with two attached hydrogens (primary N) is 1. The molecule has 0 heterocycles. The van der Waals surface area contributed by atoms with E-state index in [9.17, 15) is 0 Å². The second kappa shape index (κ2) is 2.27. The van der Waals surface area contributed by atoms with E-state index in [0.29, 0.717) is 5.92 Å². The van der Waals surface area contributed by atoms with E-state index in [4.69, 9.17) is 10.8 Å². The van der Waals surface area contributed by atoms with Crippen molar-refractivity contribution in [2.24, 2.45) is 11.7 Å². The van der Waals surface area contributed by atoms with Crippen molar-refractivity contribution < 1.29 is 5.11 Å². The third-order valence-electron chi connectivity index (χ3n) is 2.65. The van der Waals surface area contributed by atoms with Crippen LogP contribution in [0.3, 0.4) is 0 Å². The Kier molecular flexibility index (Phi) is 1.78. The summed E-state index contributed by atoms with van der Waals surface area (Å²) in [5, 5.41) is 8.77. The highest BCUT2D eigenvalue weighted by Gasteiger charge is 2.40. The van der Waals surface area contributed by atoms with Gasteiger partial charge in [-0.15, -0.1) is 0 Å². The summed E-state index contributed by atoms with van der Waals surface area (Å²) in [5.41, 5.74) is 5.88. The number of aliphatic hydroxyl groups excluding tert-OH is 1. The monoisotopic (exact) mass is 129 g/mol. The molecule has 1 fully saturated rings. The van der Waals surface area contributed by atoms with Crippen LogP contribution >= 0.6 is 0 Å². The van der Waals surface area contributed by atoms with Crippen molar-refractivity contribution in [3.63, 3.8) is 0 Å². The van der Waals surface area contributed by atoms with Crippen LogP contribution in [0.4, 0.5) is 0 Å². The van der Waals surface area contributed by atoms with Crippen LogP contribution in [0.5, 0.6) is 0 Å². The van der Waals surface area contributed by atoms with E-state index in [1.165, 1.54) is 0 Å². The molecule has 0 spiro atoms. The molecule has 2 nitrogen and oxygen atoms in total. The molecule has 2 heteroatoms. The smallest absolute Gasteiger partial charge is 0.0476 e. The topological polar surface area (TPSA) is 46.2 Å². The Morgan fingerprint density at radius 2 is 2.44 bits per heavy atom. The van der Waals surface area contributed by atoms with Crippen LogP contribution in [0.15, 0.2) is 0 Å². The molecular formula is C7H15NO. The zero-order valence-corrected chi connectivity index (χ0v) is 5.93. The Morgan fingerprint density at radius 3 is 2.56 bits per heavy atom. The van der Waals surface area contributed by atoms with Crippen molar-refractivity contribution in [3.8, 4) is 0 Å². The average Bonchev–Trinajstić information content (AvgIpc) is 1.85. The van der Waals surface area contributed by atoms with Crippen LogP contribution < -0.4 is 5.73 Å². The highest BCUT2D eigenvalue weighted by atomic mass is 16.3. The largest absolute Gasteiger partial charge is 0.396 e. The van der Waals surface area contributed by atoms with Gasteiger partial charge in [-0.3, -0.25) is 0 Å². The first kappa shape index (κ1) is 7.03. The molecular weight excluding hydrogens is 114 g/mol. The van der Waals surface area contributed by atoms with Crippen LogP contribution in [0.25, 0.3) is 0 Å². The molecule has 3 N–H and O–H groups in total. The molecule has 1 aliphatic carbocycles. The number of hydrogen-bond donors (Lipinski definition) is 2. The molecule has 0 aromatic heterocycles. The van der Waals surface area contributed by atoms with Gasteiger partial charge in [0.25, 0.3) is 0 Å². The van der Waals surface area contributed by atoms with Crippen LogP contribution in [-0.4, -0.2) is 17.3 Å². The van der Waals surface area contributed by atoms with E-state index in [1.54, 1.807) is 0 Å². The molecule has 1 rings (SSSR count). The van der Waals surface area contributed by atoms with E-state index in [2.05, 4.69) is 6.92 Å². The lowest BCUT2D eigenvalue weighted by molar-refractivity contribution is 0.0590. The molecule has 1 saturated carbocycles. The number of aliphatic hydroxyl groups is 1. The Hall–Kier alpha value is -0.0800. The second-order valence-corrected chi connectivity index (χ2v) is 3.00. The van der Waals surface area contributed by atoms with Gasteiger partial charge in [-0.25, -0.2) is 0 Å². The van der Waals surface area contributed by atoms with Crippen LogP contribution in [-0.2, 0) is 0 Å². The first-order valence-electron chi connectivity index (χ1n) is 3.62. The summed E-state index contributed by atoms with van der Waals surface area (Å²) >= 11 is 0. The normalized spacial score (nSPS) is 42.3. The molecule has 9 heavy (non-hydrogen) atoms. The lowest BCUT2D eigenvalue weighted by atomic mass is 9.66. The Balaban J connectivity index is 2.41. The van der Waals surface area contributed by atoms with Crippen molar-refractivity contribution in [1.29, 1.82) is 0 Å². The predicted molar refractivity (Wildman–Crippen MR) is 37.0 cm³/mol. The quantitative estimate of drug-likeness (QED) is 0.570. The third kappa shape index (κ3) is 0.970. The summed E-state index contributed by atoms with van der Waals surface area (Å²) in [4.78, 5) is 0. The maximum absolute atomic E-state index is 8.77. The molecule has 0 aliphatic heterocycles. The summed E-state index contributed by atoms with van der Waals surface area (Å²) in [6.45, 7) is 2.35. The molecule has 2 atom stereocenters. The Bertz CT molecular complexity index is 99.1. The minimum absolute atomic E-state index is 0.0191. The first-order chi connectivity index (χ1) is 4.23. The van der Waals surface area contributed by atoms with Gasteiger partial charge < -0.3 is 10.8 Å². The summed E-state index contributed by atoms with van der Waals surface area (Å²) in [5.74, 6) is 0.377. The van der Waals surface area contributed by atoms with Crippen molar-refractivity contribution in [2.75, 3.05) is 6.61 Å². The van der Waals surface area contributed by atoms with Gasteiger partial charge in [0.15, 0.2) is 0 Å². The van der Waals surface area contributed by atoms with Crippen molar-refractivity contribution in [3.05, 3.63) is 0 Å². The fraction of sp³-hybridized carbons (Fsp3) is 1.00. The van der Waals surface area contributed by atoms with Crippen molar-refractivity contribution in [2.45, 2.75) is 31.7 Å². The van der Waals surface area contributed by atoms with Gasteiger partial charge in [0.2, 0.25) is 0 Å². The van der Waals surface area contributed by atoms with Gasteiger partial charge in [0.1, 0.15) is 0 Å². The molecule has 1 aliphatic rings. The molecule has 0 aromatic rings. The standard InChI is InChI=1S/C7H15NO/c1-2-7(8)4-3-6(7)5-9/h6,9H,2-5,8H2,1H3. The average molecular weight is 129 g/mol. The van der Waals surface area contributed by atoms with Gasteiger partial charge in [-0.2, -0.15) is 0 Å². The maximum Gasteiger partial charge on any atom is 0.0476 e. The summed E-state index contributed by atoms with van der Waals surface area (Å²) in [6, 6.07) is 0. The number of rotatable bonds is 2. The van der Waals surface area contributed by atoms with Crippen molar-refractivity contribution in [1.82, 2.24) is 0 Å². The third-order valence-corrected chi connectivity index (χ3v) is 2.65. The molecule has 0 bridgehead atoms. The van der Waals surface area contributed by atoms with Gasteiger partial charge in [0.05, 0.1) is 0 Å². The van der Waals surface area contributed by atoms with E-state index in [1.807, 2.05) is 0 Å². The highest BCUT2D eigenvalue weighted by molar-refractivity contribution is 4.98. The molecule has 0 aromatic carbocycles. The minimum Gasteiger partial charge on any atom is -0.396 e. The first-order valence-corrected chi connectivity index (χ1v) is 3.62. The zero-order chi connectivity index (χ0) is 6.91. The summed E-state index contributed by atoms with van der Waals surface area (Å²) in [6.07, 6.45) is 3.20. The SMILES string of the molecule is CCC1(N)CCC1CO. The van der Waals surface area contributed by atoms with Crippen LogP contribution in [0.1, 0.15) is 26.2 Å². The second-order valence-electron chi connectivity index (χ2n) is 3.00. The maximum atomic E-state index is 8.77. The van der Waals surface area contributed by atoms with E-state index in [0.717, 1.165) is 19.3 Å². The van der Waals surface area contributed by atoms with Crippen LogP contribution in [0, 0.1) is 5.92 Å². The summed E-state index contributed by atoms with van der Waals surface area (Å²) < 4.78 is 0. The predicted octanol–water partition coefficient (Wildman–Crippen LogP) is 0.496. The lowest BCUT2D eigenvalue weighted by Crippen LogP contribution is -2.55. The van der Waals surface area contributed by atoms with Crippen molar-refractivity contribution >= 4 is 0 Å². The Labute approximate surface area is 56.1 Å². The zero-order valence-electron chi connectivity index (χ0n) is 5.93. The molecule has 0 amide bonds. The van der Waals surface area contributed by atoms with Gasteiger partial charge in [-0.1, -0.05) is 6.92 Å². The number of hydrogen-bond acceptors (Lipinski definition) is 2. The molecule has 2 unspecified atom stereocenters. The molecule has 0 saturated heterocycles. The minimum atomic E-state index is -0.0191. The van der Waals surface area contributed by atoms with Gasteiger partial charge >= 0.3 is 0 Å². The molecule has 0 radical (unpaired) electrons. The lowest BCUT2D eigenvalue weighted by Gasteiger charge is -2.45. The van der Waals surface area contributed by atoms with Crippen LogP contribution in [0.2, 0.25) is 0 Å². The van der Waals surface area contributed by atoms with E-state index in [-0.39, 0.29) is 12.1 Å². The van der Waals surface area contributed by atoms with E-state index < -0.39 is 0 Å². The van der Waals surface area contributed by atoms with Gasteiger partial charge in [-0.05, 0) is 19.3 Å². The summed E-state index contributed by atoms with van der Waals surface area (Å²) in [7, 11) is 0.